The maximum absolute atomic E-state index is 3.35. The van der Waals surface area contributed by atoms with E-state index < -0.39 is 0 Å². The second-order valence-electron chi connectivity index (χ2n) is 4.62. The van der Waals surface area contributed by atoms with Gasteiger partial charge in [0.25, 0.3) is 0 Å². The van der Waals surface area contributed by atoms with Crippen LogP contribution in [0.15, 0.2) is 94.7 Å². The monoisotopic (exact) mass is 324 g/mol. The lowest BCUT2D eigenvalue weighted by atomic mass is 10.3. The van der Waals surface area contributed by atoms with Gasteiger partial charge < -0.3 is 9.44 Å². The van der Waals surface area contributed by atoms with Crippen LogP contribution in [0.1, 0.15) is 0 Å². The summed E-state index contributed by atoms with van der Waals surface area (Å²) in [6, 6.07) is 28.8. The molecule has 0 bridgehead atoms. The summed E-state index contributed by atoms with van der Waals surface area (Å²) in [7, 11) is 0. The van der Waals surface area contributed by atoms with Crippen molar-refractivity contribution in [1.29, 1.82) is 0 Å². The Labute approximate surface area is 139 Å². The third-order valence-electron chi connectivity index (χ3n) is 2.93. The zero-order valence-electron chi connectivity index (χ0n) is 11.9. The predicted octanol–water partition coefficient (Wildman–Crippen LogP) is 5.93. The molecule has 3 rings (SSSR count). The number of nitrogens with one attached hydrogen (secondary N) is 2. The third kappa shape index (κ3) is 4.48. The standard InChI is InChI=1S/C18H16N2S2/c1-3-8-15(9-4-1)19-21-17-12-7-13-18(14-17)22-20-16-10-5-2-6-11-16/h1-14,19-20H. The maximum atomic E-state index is 3.35. The van der Waals surface area contributed by atoms with Gasteiger partial charge in [-0.1, -0.05) is 42.5 Å². The molecule has 0 saturated carbocycles. The molecule has 0 aliphatic carbocycles. The van der Waals surface area contributed by atoms with E-state index in [1.54, 1.807) is 23.9 Å². The van der Waals surface area contributed by atoms with E-state index in [9.17, 15) is 0 Å². The molecule has 0 fully saturated rings. The highest BCUT2D eigenvalue weighted by molar-refractivity contribution is 8.01. The molecular weight excluding hydrogens is 308 g/mol. The topological polar surface area (TPSA) is 24.1 Å². The van der Waals surface area contributed by atoms with E-state index in [0.29, 0.717) is 0 Å². The summed E-state index contributed by atoms with van der Waals surface area (Å²) in [6.07, 6.45) is 0. The van der Waals surface area contributed by atoms with Crippen molar-refractivity contribution < 1.29 is 0 Å². The first kappa shape index (κ1) is 14.9. The van der Waals surface area contributed by atoms with Gasteiger partial charge in [0.2, 0.25) is 0 Å². The van der Waals surface area contributed by atoms with E-state index in [1.165, 1.54) is 9.79 Å². The van der Waals surface area contributed by atoms with Gasteiger partial charge in [0.05, 0.1) is 0 Å². The highest BCUT2D eigenvalue weighted by atomic mass is 32.2. The summed E-state index contributed by atoms with van der Waals surface area (Å²) in [5.74, 6) is 0. The second kappa shape index (κ2) is 7.82. The number of rotatable bonds is 6. The zero-order chi connectivity index (χ0) is 15.0. The number of hydrogen-bond donors (Lipinski definition) is 2. The van der Waals surface area contributed by atoms with Gasteiger partial charge >= 0.3 is 0 Å². The first-order chi connectivity index (χ1) is 10.9. The number of anilines is 2. The van der Waals surface area contributed by atoms with Crippen LogP contribution in [0.25, 0.3) is 0 Å². The average molecular weight is 324 g/mol. The van der Waals surface area contributed by atoms with Crippen LogP contribution in [0.5, 0.6) is 0 Å². The third-order valence-corrected chi connectivity index (χ3v) is 4.58. The molecule has 22 heavy (non-hydrogen) atoms. The molecule has 4 heteroatoms. The molecule has 0 spiro atoms. The van der Waals surface area contributed by atoms with Gasteiger partial charge in [-0.05, 0) is 66.4 Å². The Morgan fingerprint density at radius 3 is 1.41 bits per heavy atom. The van der Waals surface area contributed by atoms with Crippen LogP contribution >= 0.6 is 23.9 Å². The van der Waals surface area contributed by atoms with Gasteiger partial charge in [-0.2, -0.15) is 0 Å². The van der Waals surface area contributed by atoms with Crippen molar-refractivity contribution in [2.75, 3.05) is 9.44 Å². The Bertz CT molecular complexity index is 644. The molecule has 110 valence electrons. The van der Waals surface area contributed by atoms with Crippen molar-refractivity contribution in [3.05, 3.63) is 84.9 Å². The summed E-state index contributed by atoms with van der Waals surface area (Å²) in [5, 5.41) is 0. The lowest BCUT2D eigenvalue weighted by Gasteiger charge is -2.08. The molecule has 0 heterocycles. The van der Waals surface area contributed by atoms with Crippen molar-refractivity contribution in [3.8, 4) is 0 Å². The van der Waals surface area contributed by atoms with E-state index in [-0.39, 0.29) is 0 Å². The Morgan fingerprint density at radius 1 is 0.500 bits per heavy atom. The van der Waals surface area contributed by atoms with Crippen LogP contribution in [0.4, 0.5) is 11.4 Å². The van der Waals surface area contributed by atoms with E-state index in [1.807, 2.05) is 36.4 Å². The van der Waals surface area contributed by atoms with Gasteiger partial charge in [0.1, 0.15) is 0 Å². The van der Waals surface area contributed by atoms with Gasteiger partial charge in [-0.25, -0.2) is 0 Å². The predicted molar refractivity (Wildman–Crippen MR) is 98.3 cm³/mol. The van der Waals surface area contributed by atoms with Crippen LogP contribution in [0, 0.1) is 0 Å². The van der Waals surface area contributed by atoms with E-state index in [0.717, 1.165) is 11.4 Å². The molecule has 0 unspecified atom stereocenters. The maximum Gasteiger partial charge on any atom is 0.0443 e. The molecule has 0 aliphatic rings. The van der Waals surface area contributed by atoms with Crippen LogP contribution in [0.2, 0.25) is 0 Å². The highest BCUT2D eigenvalue weighted by Crippen LogP contribution is 2.27. The van der Waals surface area contributed by atoms with Crippen LogP contribution in [-0.2, 0) is 0 Å². The fourth-order valence-electron chi connectivity index (χ4n) is 1.85. The minimum atomic E-state index is 1.10. The van der Waals surface area contributed by atoms with Gasteiger partial charge in [0.15, 0.2) is 0 Å². The zero-order valence-corrected chi connectivity index (χ0v) is 13.5. The molecular formula is C18H16N2S2. The molecule has 2 nitrogen and oxygen atoms in total. The molecule has 0 amide bonds. The molecule has 3 aromatic rings. The van der Waals surface area contributed by atoms with Gasteiger partial charge in [-0.3, -0.25) is 0 Å². The van der Waals surface area contributed by atoms with Crippen LogP contribution in [-0.4, -0.2) is 0 Å². The fourth-order valence-corrected chi connectivity index (χ4v) is 3.33. The Kier molecular flexibility index (Phi) is 5.29. The SMILES string of the molecule is c1ccc(NSc2cccc(SNc3ccccc3)c2)cc1. The number of benzene rings is 3. The van der Waals surface area contributed by atoms with Crippen molar-refractivity contribution in [2.24, 2.45) is 0 Å². The first-order valence-corrected chi connectivity index (χ1v) is 8.59. The van der Waals surface area contributed by atoms with Crippen LogP contribution < -0.4 is 9.44 Å². The largest absolute Gasteiger partial charge is 0.326 e. The molecule has 0 aromatic heterocycles. The molecule has 0 radical (unpaired) electrons. The van der Waals surface area contributed by atoms with E-state index >= 15 is 0 Å². The van der Waals surface area contributed by atoms with Crippen molar-refractivity contribution >= 4 is 35.3 Å². The van der Waals surface area contributed by atoms with Crippen LogP contribution in [0.3, 0.4) is 0 Å². The summed E-state index contributed by atoms with van der Waals surface area (Å²) in [6.45, 7) is 0. The molecule has 0 atom stereocenters. The second-order valence-corrected chi connectivity index (χ2v) is 6.37. The van der Waals surface area contributed by atoms with Crippen molar-refractivity contribution in [3.63, 3.8) is 0 Å². The summed E-state index contributed by atoms with van der Waals surface area (Å²) in [4.78, 5) is 2.37. The lowest BCUT2D eigenvalue weighted by molar-refractivity contribution is 1.33. The molecule has 0 aliphatic heterocycles. The minimum Gasteiger partial charge on any atom is -0.326 e. The number of hydrogen-bond acceptors (Lipinski definition) is 4. The minimum absolute atomic E-state index is 1.10. The van der Waals surface area contributed by atoms with Gasteiger partial charge in [0, 0.05) is 21.2 Å². The Morgan fingerprint density at radius 2 is 0.955 bits per heavy atom. The fraction of sp³-hybridized carbons (Fsp3) is 0. The molecule has 0 saturated heterocycles. The molecule has 2 N–H and O–H groups in total. The van der Waals surface area contributed by atoms with Crippen molar-refractivity contribution in [2.45, 2.75) is 9.79 Å². The lowest BCUT2D eigenvalue weighted by Crippen LogP contribution is -1.88. The quantitative estimate of drug-likeness (QED) is 0.549. The number of para-hydroxylation sites is 2. The normalized spacial score (nSPS) is 10.2. The van der Waals surface area contributed by atoms with Gasteiger partial charge in [-0.15, -0.1) is 0 Å². The summed E-state index contributed by atoms with van der Waals surface area (Å²) < 4.78 is 6.70. The Balaban J connectivity index is 1.58. The van der Waals surface area contributed by atoms with Crippen molar-refractivity contribution in [1.82, 2.24) is 0 Å². The smallest absolute Gasteiger partial charge is 0.0443 e. The highest BCUT2D eigenvalue weighted by Gasteiger charge is 1.99. The Hall–Kier alpha value is -2.04. The molecule has 3 aromatic carbocycles. The average Bonchev–Trinajstić information content (AvgIpc) is 2.60. The summed E-state index contributed by atoms with van der Waals surface area (Å²) in [5.41, 5.74) is 2.21. The van der Waals surface area contributed by atoms with E-state index in [2.05, 4.69) is 58.0 Å². The summed E-state index contributed by atoms with van der Waals surface area (Å²) >= 11 is 3.24. The van der Waals surface area contributed by atoms with E-state index in [4.69, 9.17) is 0 Å². The first-order valence-electron chi connectivity index (χ1n) is 6.96.